The molecule has 2 aliphatic rings. The van der Waals surface area contributed by atoms with Crippen molar-refractivity contribution in [2.45, 2.75) is 25.2 Å². The highest BCUT2D eigenvalue weighted by Crippen LogP contribution is 2.44. The van der Waals surface area contributed by atoms with Gasteiger partial charge in [-0.2, -0.15) is 0 Å². The molecule has 0 saturated carbocycles. The van der Waals surface area contributed by atoms with Crippen molar-refractivity contribution in [3.8, 4) is 11.1 Å². The van der Waals surface area contributed by atoms with E-state index in [0.717, 1.165) is 12.8 Å². The molecule has 2 aromatic rings. The van der Waals surface area contributed by atoms with E-state index in [2.05, 4.69) is 73.7 Å². The maximum atomic E-state index is 2.35. The highest BCUT2D eigenvalue weighted by atomic mass is 14.3. The summed E-state index contributed by atoms with van der Waals surface area (Å²) in [4.78, 5) is 0. The quantitative estimate of drug-likeness (QED) is 0.604. The summed E-state index contributed by atoms with van der Waals surface area (Å²) in [7, 11) is 0. The van der Waals surface area contributed by atoms with E-state index in [9.17, 15) is 0 Å². The summed E-state index contributed by atoms with van der Waals surface area (Å²) in [6.45, 7) is 2.28. The Kier molecular flexibility index (Phi) is 2.47. The Morgan fingerprint density at radius 3 is 2.45 bits per heavy atom. The van der Waals surface area contributed by atoms with E-state index in [0.29, 0.717) is 0 Å². The van der Waals surface area contributed by atoms with Gasteiger partial charge in [-0.3, -0.25) is 0 Å². The van der Waals surface area contributed by atoms with E-state index in [4.69, 9.17) is 0 Å². The van der Waals surface area contributed by atoms with Crippen molar-refractivity contribution in [1.29, 1.82) is 0 Å². The minimum atomic E-state index is 0.105. The molecule has 2 aromatic carbocycles. The first-order valence-corrected chi connectivity index (χ1v) is 7.42. The van der Waals surface area contributed by atoms with Crippen LogP contribution in [0.1, 0.15) is 30.0 Å². The van der Waals surface area contributed by atoms with Crippen molar-refractivity contribution >= 4 is 0 Å². The predicted molar refractivity (Wildman–Crippen MR) is 84.9 cm³/mol. The summed E-state index contributed by atoms with van der Waals surface area (Å²) >= 11 is 0. The maximum absolute atomic E-state index is 2.35. The van der Waals surface area contributed by atoms with Crippen LogP contribution in [0.25, 0.3) is 11.1 Å². The first-order chi connectivity index (χ1) is 9.84. The normalized spacial score (nSPS) is 17.2. The molecule has 0 heteroatoms. The third-order valence-electron chi connectivity index (χ3n) is 4.84. The van der Waals surface area contributed by atoms with E-state index < -0.39 is 0 Å². The highest BCUT2D eigenvalue weighted by Gasteiger charge is 2.31. The Labute approximate surface area is 120 Å². The van der Waals surface area contributed by atoms with Crippen LogP contribution in [0.5, 0.6) is 0 Å². The van der Waals surface area contributed by atoms with Crippen molar-refractivity contribution in [3.63, 3.8) is 0 Å². The average molecular weight is 258 g/mol. The fourth-order valence-corrected chi connectivity index (χ4v) is 3.71. The Hall–Kier alpha value is -2.08. The van der Waals surface area contributed by atoms with E-state index >= 15 is 0 Å². The number of rotatable bonds is 2. The van der Waals surface area contributed by atoms with Crippen LogP contribution in [0.4, 0.5) is 0 Å². The smallest absolute Gasteiger partial charge is 0.0318 e. The topological polar surface area (TPSA) is 0 Å². The van der Waals surface area contributed by atoms with Gasteiger partial charge in [0.25, 0.3) is 0 Å². The van der Waals surface area contributed by atoms with Crippen LogP contribution in [0.2, 0.25) is 0 Å². The number of benzene rings is 2. The zero-order valence-corrected chi connectivity index (χ0v) is 11.8. The van der Waals surface area contributed by atoms with Crippen molar-refractivity contribution in [2.75, 3.05) is 0 Å². The first-order valence-electron chi connectivity index (χ1n) is 7.42. The van der Waals surface area contributed by atoms with Crippen LogP contribution in [-0.2, 0) is 11.8 Å². The first kappa shape index (κ1) is 11.7. The Morgan fingerprint density at radius 1 is 0.900 bits per heavy atom. The number of fused-ring (bicyclic) bond motifs is 3. The van der Waals surface area contributed by atoms with Crippen LogP contribution in [0, 0.1) is 0 Å². The van der Waals surface area contributed by atoms with Gasteiger partial charge in [0, 0.05) is 5.41 Å². The standard InChI is InChI=1S/C20H18/c1-2-20(12-5-6-13-20)19-11-7-10-17-16-9-4-3-8-15(16)14-18(17)19/h3-13H,2,14H2,1H3. The molecule has 0 saturated heterocycles. The lowest BCUT2D eigenvalue weighted by atomic mass is 9.76. The van der Waals surface area contributed by atoms with Crippen molar-refractivity contribution in [3.05, 3.63) is 83.5 Å². The van der Waals surface area contributed by atoms with Crippen LogP contribution in [0.15, 0.2) is 66.8 Å². The van der Waals surface area contributed by atoms with Crippen LogP contribution < -0.4 is 0 Å². The van der Waals surface area contributed by atoms with E-state index in [-0.39, 0.29) is 5.41 Å². The molecule has 0 spiro atoms. The Balaban J connectivity index is 1.94. The molecule has 2 aliphatic carbocycles. The largest absolute Gasteiger partial charge is 0.0702 e. The molecule has 0 fully saturated rings. The molecule has 0 radical (unpaired) electrons. The van der Waals surface area contributed by atoms with Gasteiger partial charge in [0.1, 0.15) is 0 Å². The van der Waals surface area contributed by atoms with Gasteiger partial charge in [-0.25, -0.2) is 0 Å². The molecule has 0 unspecified atom stereocenters. The van der Waals surface area contributed by atoms with Crippen LogP contribution in [-0.4, -0.2) is 0 Å². The van der Waals surface area contributed by atoms with Gasteiger partial charge in [0.05, 0.1) is 0 Å². The third kappa shape index (κ3) is 1.48. The van der Waals surface area contributed by atoms with E-state index in [1.807, 2.05) is 0 Å². The second-order valence-electron chi connectivity index (χ2n) is 5.78. The van der Waals surface area contributed by atoms with Gasteiger partial charge >= 0.3 is 0 Å². The third-order valence-corrected chi connectivity index (χ3v) is 4.84. The molecule has 20 heavy (non-hydrogen) atoms. The summed E-state index contributed by atoms with van der Waals surface area (Å²) in [6.07, 6.45) is 11.3. The Morgan fingerprint density at radius 2 is 1.65 bits per heavy atom. The molecule has 0 N–H and O–H groups in total. The molecule has 0 atom stereocenters. The van der Waals surface area contributed by atoms with Gasteiger partial charge in [-0.15, -0.1) is 0 Å². The molecule has 0 heterocycles. The van der Waals surface area contributed by atoms with Gasteiger partial charge in [-0.1, -0.05) is 73.7 Å². The molecular formula is C20H18. The van der Waals surface area contributed by atoms with Crippen LogP contribution >= 0.6 is 0 Å². The second kappa shape index (κ2) is 4.21. The summed E-state index contributed by atoms with van der Waals surface area (Å²) in [6, 6.07) is 15.6. The molecule has 4 rings (SSSR count). The zero-order valence-electron chi connectivity index (χ0n) is 11.8. The minimum Gasteiger partial charge on any atom is -0.0702 e. The second-order valence-corrected chi connectivity index (χ2v) is 5.78. The lowest BCUT2D eigenvalue weighted by molar-refractivity contribution is 0.645. The monoisotopic (exact) mass is 258 g/mol. The highest BCUT2D eigenvalue weighted by molar-refractivity contribution is 5.78. The Bertz CT molecular complexity index is 719. The summed E-state index contributed by atoms with van der Waals surface area (Å²) in [5, 5.41) is 0. The van der Waals surface area contributed by atoms with Gasteiger partial charge < -0.3 is 0 Å². The summed E-state index contributed by atoms with van der Waals surface area (Å²) in [5.41, 5.74) is 7.42. The van der Waals surface area contributed by atoms with Gasteiger partial charge in [0.15, 0.2) is 0 Å². The van der Waals surface area contributed by atoms with Crippen molar-refractivity contribution in [2.24, 2.45) is 0 Å². The summed E-state index contributed by atoms with van der Waals surface area (Å²) in [5.74, 6) is 0. The molecule has 0 bridgehead atoms. The minimum absolute atomic E-state index is 0.105. The number of allylic oxidation sites excluding steroid dienone is 4. The summed E-state index contributed by atoms with van der Waals surface area (Å²) < 4.78 is 0. The SMILES string of the molecule is CCC1(c2cccc3c2Cc2ccccc2-3)C=CC=C1. The molecule has 0 amide bonds. The molecule has 98 valence electrons. The molecular weight excluding hydrogens is 240 g/mol. The van der Waals surface area contributed by atoms with Crippen LogP contribution in [0.3, 0.4) is 0 Å². The molecule has 0 aromatic heterocycles. The van der Waals surface area contributed by atoms with Gasteiger partial charge in [-0.05, 0) is 40.7 Å². The maximum Gasteiger partial charge on any atom is 0.0318 e. The molecule has 0 aliphatic heterocycles. The van der Waals surface area contributed by atoms with Crippen molar-refractivity contribution < 1.29 is 0 Å². The number of hydrogen-bond acceptors (Lipinski definition) is 0. The predicted octanol–water partition coefficient (Wildman–Crippen LogP) is 5.03. The lowest BCUT2D eigenvalue weighted by Crippen LogP contribution is -2.19. The lowest BCUT2D eigenvalue weighted by Gasteiger charge is -2.27. The van der Waals surface area contributed by atoms with E-state index in [1.165, 1.54) is 27.8 Å². The molecule has 0 nitrogen and oxygen atoms in total. The number of hydrogen-bond donors (Lipinski definition) is 0. The average Bonchev–Trinajstić information content (AvgIpc) is 3.12. The fourth-order valence-electron chi connectivity index (χ4n) is 3.71. The fraction of sp³-hybridized carbons (Fsp3) is 0.200. The van der Waals surface area contributed by atoms with Crippen molar-refractivity contribution in [1.82, 2.24) is 0 Å². The van der Waals surface area contributed by atoms with E-state index in [1.54, 1.807) is 0 Å². The van der Waals surface area contributed by atoms with Gasteiger partial charge in [0.2, 0.25) is 0 Å². The zero-order chi connectivity index (χ0) is 13.6.